The summed E-state index contributed by atoms with van der Waals surface area (Å²) in [4.78, 5) is 38.3. The van der Waals surface area contributed by atoms with Gasteiger partial charge in [0.1, 0.15) is 0 Å². The highest BCUT2D eigenvalue weighted by Gasteiger charge is 2.72. The number of ketones is 2. The van der Waals surface area contributed by atoms with E-state index in [0.29, 0.717) is 12.2 Å². The molecule has 0 aromatic rings. The minimum absolute atomic E-state index is 0.0330. The van der Waals surface area contributed by atoms with Gasteiger partial charge in [0, 0.05) is 37.4 Å². The molecule has 3 heterocycles. The molecule has 1 aliphatic carbocycles. The number of carbonyl (C=O) groups excluding carboxylic acids is 2. The molecule has 4 rings (SSSR count). The molecule has 0 aromatic carbocycles. The number of fused-ring (bicyclic) bond motifs is 4. The van der Waals surface area contributed by atoms with Crippen LogP contribution < -0.4 is 16.4 Å². The van der Waals surface area contributed by atoms with Crippen LogP contribution in [0.1, 0.15) is 6.92 Å². The monoisotopic (exact) mass is 334 g/mol. The Balaban J connectivity index is 1.85. The molecule has 0 saturated carbocycles. The summed E-state index contributed by atoms with van der Waals surface area (Å²) in [5.41, 5.74) is 5.59. The lowest BCUT2D eigenvalue weighted by molar-refractivity contribution is -0.130. The van der Waals surface area contributed by atoms with E-state index in [1.165, 1.54) is 14.0 Å². The fourth-order valence-corrected chi connectivity index (χ4v) is 4.38. The summed E-state index contributed by atoms with van der Waals surface area (Å²) < 4.78 is 5.81. The van der Waals surface area contributed by atoms with E-state index in [1.807, 2.05) is 4.90 Å². The van der Waals surface area contributed by atoms with Crippen LogP contribution in [0.15, 0.2) is 22.5 Å². The number of carbonyl (C=O) groups is 3. The van der Waals surface area contributed by atoms with Gasteiger partial charge in [-0.3, -0.25) is 9.59 Å². The van der Waals surface area contributed by atoms with Gasteiger partial charge in [-0.1, -0.05) is 0 Å². The Morgan fingerprint density at radius 3 is 2.83 bits per heavy atom. The molecule has 3 aliphatic heterocycles. The second-order valence-corrected chi connectivity index (χ2v) is 6.52. The molecule has 5 N–H and O–H groups in total. The zero-order valence-corrected chi connectivity index (χ0v) is 13.3. The smallest absolute Gasteiger partial charge is 0.404 e. The highest BCUT2D eigenvalue weighted by atomic mass is 16.5. The molecule has 0 radical (unpaired) electrons. The number of ether oxygens (including phenoxy) is 1. The van der Waals surface area contributed by atoms with Crippen LogP contribution in [0.3, 0.4) is 0 Å². The summed E-state index contributed by atoms with van der Waals surface area (Å²) >= 11 is 0. The van der Waals surface area contributed by atoms with Crippen molar-refractivity contribution in [3.63, 3.8) is 0 Å². The highest BCUT2D eigenvalue weighted by molar-refractivity contribution is 6.25. The Labute approximate surface area is 137 Å². The first kappa shape index (κ1) is 15.2. The first-order valence-electron chi connectivity index (χ1n) is 7.70. The first-order valence-corrected chi connectivity index (χ1v) is 7.70. The van der Waals surface area contributed by atoms with E-state index in [4.69, 9.17) is 15.6 Å². The van der Waals surface area contributed by atoms with Gasteiger partial charge in [0.2, 0.25) is 11.6 Å². The normalized spacial score (nSPS) is 36.8. The number of hydrogen-bond donors (Lipinski definition) is 4. The van der Waals surface area contributed by atoms with E-state index < -0.39 is 23.5 Å². The Kier molecular flexibility index (Phi) is 2.89. The Hall–Kier alpha value is -2.39. The molecule has 4 atom stereocenters. The van der Waals surface area contributed by atoms with Gasteiger partial charge in [-0.15, -0.1) is 0 Å². The first-order chi connectivity index (χ1) is 11.3. The number of allylic oxidation sites excluding steroid dienone is 2. The average molecular weight is 334 g/mol. The van der Waals surface area contributed by atoms with Crippen LogP contribution in [0.4, 0.5) is 4.79 Å². The molecule has 2 saturated heterocycles. The molecular weight excluding hydrogens is 316 g/mol. The third-order valence-corrected chi connectivity index (χ3v) is 5.54. The SMILES string of the molecule is CO[C@@]12[C@H](CNC(=O)O)C3=C(C(=O)C(C)=C(N)C3=O)N1C[C@@H]1N[C@H]12. The quantitative estimate of drug-likeness (QED) is 0.361. The molecule has 0 spiro atoms. The van der Waals surface area contributed by atoms with Crippen molar-refractivity contribution in [3.8, 4) is 0 Å². The Morgan fingerprint density at radius 2 is 2.21 bits per heavy atom. The molecule has 9 nitrogen and oxygen atoms in total. The molecule has 24 heavy (non-hydrogen) atoms. The molecular formula is C15H18N4O5. The molecule has 0 aromatic heterocycles. The molecule has 0 unspecified atom stereocenters. The molecule has 9 heteroatoms. The number of amides is 1. The number of nitrogens with one attached hydrogen (secondary N) is 2. The number of nitrogens with two attached hydrogens (primary N) is 1. The predicted molar refractivity (Wildman–Crippen MR) is 80.6 cm³/mol. The highest BCUT2D eigenvalue weighted by Crippen LogP contribution is 2.55. The standard InChI is InChI=1S/C15H18N4O5/c1-5-9(16)12(21)8-6(3-17-14(22)23)15(24-2)13-7(18-13)4-19(15)10(8)11(5)20/h6-7,13,17-18H,3-4,16H2,1-2H3,(H,22,23)/t6-,7+,13-,15-/m1/s1. The van der Waals surface area contributed by atoms with Gasteiger partial charge in [0.25, 0.3) is 0 Å². The van der Waals surface area contributed by atoms with Crippen molar-refractivity contribution in [1.82, 2.24) is 15.5 Å². The van der Waals surface area contributed by atoms with E-state index in [9.17, 15) is 14.4 Å². The van der Waals surface area contributed by atoms with Crippen LogP contribution in [0.25, 0.3) is 0 Å². The maximum absolute atomic E-state index is 12.8. The minimum atomic E-state index is -1.20. The van der Waals surface area contributed by atoms with Crippen LogP contribution in [-0.2, 0) is 14.3 Å². The average Bonchev–Trinajstić information content (AvgIpc) is 3.16. The molecule has 4 aliphatic rings. The number of piperazine rings is 1. The molecule has 128 valence electrons. The number of rotatable bonds is 3. The lowest BCUT2D eigenvalue weighted by Gasteiger charge is -2.40. The third kappa shape index (κ3) is 1.58. The minimum Gasteiger partial charge on any atom is -0.465 e. The van der Waals surface area contributed by atoms with Gasteiger partial charge in [-0.05, 0) is 6.92 Å². The van der Waals surface area contributed by atoms with E-state index in [-0.39, 0.29) is 41.3 Å². The van der Waals surface area contributed by atoms with E-state index in [2.05, 4.69) is 10.6 Å². The number of hydrogen-bond acceptors (Lipinski definition) is 7. The van der Waals surface area contributed by atoms with Gasteiger partial charge in [0.05, 0.1) is 23.4 Å². The van der Waals surface area contributed by atoms with Crippen LogP contribution in [-0.4, -0.2) is 65.7 Å². The van der Waals surface area contributed by atoms with E-state index >= 15 is 0 Å². The zero-order valence-electron chi connectivity index (χ0n) is 13.3. The van der Waals surface area contributed by atoms with Crippen molar-refractivity contribution in [2.45, 2.75) is 24.7 Å². The second-order valence-electron chi connectivity index (χ2n) is 6.52. The predicted octanol–water partition coefficient (Wildman–Crippen LogP) is -1.48. The summed E-state index contributed by atoms with van der Waals surface area (Å²) in [7, 11) is 1.51. The summed E-state index contributed by atoms with van der Waals surface area (Å²) in [6, 6.07) is 0.105. The third-order valence-electron chi connectivity index (χ3n) is 5.54. The Bertz CT molecular complexity index is 757. The van der Waals surface area contributed by atoms with Gasteiger partial charge in [-0.2, -0.15) is 0 Å². The topological polar surface area (TPSA) is 144 Å². The Morgan fingerprint density at radius 1 is 1.50 bits per heavy atom. The van der Waals surface area contributed by atoms with Crippen molar-refractivity contribution < 1.29 is 24.2 Å². The largest absolute Gasteiger partial charge is 0.465 e. The van der Waals surface area contributed by atoms with Crippen LogP contribution in [0, 0.1) is 5.92 Å². The summed E-state index contributed by atoms with van der Waals surface area (Å²) in [5, 5.41) is 14.6. The maximum Gasteiger partial charge on any atom is 0.404 e. The molecule has 0 bridgehead atoms. The van der Waals surface area contributed by atoms with Gasteiger partial charge in [0.15, 0.2) is 5.72 Å². The number of nitrogens with zero attached hydrogens (tertiary/aromatic N) is 1. The fourth-order valence-electron chi connectivity index (χ4n) is 4.38. The van der Waals surface area contributed by atoms with Crippen molar-refractivity contribution in [3.05, 3.63) is 22.5 Å². The lowest BCUT2D eigenvalue weighted by atomic mass is 9.82. The summed E-state index contributed by atoms with van der Waals surface area (Å²) in [6.07, 6.45) is -1.20. The van der Waals surface area contributed by atoms with Crippen molar-refractivity contribution in [1.29, 1.82) is 0 Å². The van der Waals surface area contributed by atoms with Gasteiger partial charge < -0.3 is 31.1 Å². The van der Waals surface area contributed by atoms with Crippen molar-refractivity contribution in [2.24, 2.45) is 11.7 Å². The van der Waals surface area contributed by atoms with Gasteiger partial charge >= 0.3 is 6.09 Å². The molecule has 2 fully saturated rings. The van der Waals surface area contributed by atoms with Crippen LogP contribution in [0.2, 0.25) is 0 Å². The second kappa shape index (κ2) is 4.58. The van der Waals surface area contributed by atoms with Gasteiger partial charge in [-0.25, -0.2) is 4.79 Å². The number of methoxy groups -OCH3 is 1. The fraction of sp³-hybridized carbons (Fsp3) is 0.533. The summed E-state index contributed by atoms with van der Waals surface area (Å²) in [5.74, 6) is -1.31. The van der Waals surface area contributed by atoms with E-state index in [1.54, 1.807) is 0 Å². The lowest BCUT2D eigenvalue weighted by Crippen LogP contribution is -2.56. The van der Waals surface area contributed by atoms with Crippen molar-refractivity contribution in [2.75, 3.05) is 20.2 Å². The van der Waals surface area contributed by atoms with Crippen LogP contribution in [0.5, 0.6) is 0 Å². The summed E-state index contributed by atoms with van der Waals surface area (Å²) in [6.45, 7) is 2.04. The zero-order chi connectivity index (χ0) is 17.4. The molecule has 1 amide bonds. The number of Topliss-reactive ketones (excluding diaryl/α,β-unsaturated/α-hetero) is 2. The van der Waals surface area contributed by atoms with Crippen LogP contribution >= 0.6 is 0 Å². The van der Waals surface area contributed by atoms with Crippen molar-refractivity contribution >= 4 is 17.7 Å². The van der Waals surface area contributed by atoms with E-state index in [0.717, 1.165) is 0 Å². The number of carboxylic acid groups (broad SMARTS) is 1. The maximum atomic E-state index is 12.8.